The average molecular weight is 283 g/mol. The minimum Gasteiger partial charge on any atom is -0.402 e. The van der Waals surface area contributed by atoms with Gasteiger partial charge in [0.25, 0.3) is 0 Å². The highest BCUT2D eigenvalue weighted by molar-refractivity contribution is 5.77. The molecular weight excluding hydrogens is 254 g/mol. The molecule has 0 amide bonds. The van der Waals surface area contributed by atoms with E-state index in [1.54, 1.807) is 0 Å². The standard InChI is InChI=1S/C20H29N/c1-18(2,3)20(19(4,5)6)13-12-16(17(21)14-20)15-10-8-7-9-11-15/h7-13H,14,21H2,1-6H3. The Kier molecular flexibility index (Phi) is 3.82. The van der Waals surface area contributed by atoms with Crippen LogP contribution in [0.25, 0.3) is 5.57 Å². The first-order valence-corrected chi connectivity index (χ1v) is 7.82. The molecular formula is C20H29N. The quantitative estimate of drug-likeness (QED) is 0.734. The highest BCUT2D eigenvalue weighted by atomic mass is 14.6. The van der Waals surface area contributed by atoms with Crippen molar-refractivity contribution in [2.45, 2.75) is 48.0 Å². The maximum atomic E-state index is 6.51. The summed E-state index contributed by atoms with van der Waals surface area (Å²) in [6.07, 6.45) is 5.57. The summed E-state index contributed by atoms with van der Waals surface area (Å²) < 4.78 is 0. The third-order valence-corrected chi connectivity index (χ3v) is 5.11. The molecule has 1 aromatic carbocycles. The van der Waals surface area contributed by atoms with Crippen molar-refractivity contribution in [3.63, 3.8) is 0 Å². The van der Waals surface area contributed by atoms with Gasteiger partial charge in [-0.1, -0.05) is 84.0 Å². The summed E-state index contributed by atoms with van der Waals surface area (Å²) >= 11 is 0. The molecule has 21 heavy (non-hydrogen) atoms. The van der Waals surface area contributed by atoms with E-state index in [2.05, 4.69) is 78.0 Å². The molecule has 0 bridgehead atoms. The van der Waals surface area contributed by atoms with Crippen LogP contribution in [0.2, 0.25) is 0 Å². The molecule has 0 saturated heterocycles. The molecule has 114 valence electrons. The first kappa shape index (κ1) is 15.9. The van der Waals surface area contributed by atoms with Gasteiger partial charge in [0, 0.05) is 16.7 Å². The minimum atomic E-state index is 0.0718. The molecule has 0 unspecified atom stereocenters. The first-order valence-electron chi connectivity index (χ1n) is 7.82. The van der Waals surface area contributed by atoms with E-state index in [4.69, 9.17) is 5.73 Å². The van der Waals surface area contributed by atoms with Gasteiger partial charge in [0.2, 0.25) is 0 Å². The fourth-order valence-corrected chi connectivity index (χ4v) is 3.84. The Morgan fingerprint density at radius 2 is 1.43 bits per heavy atom. The van der Waals surface area contributed by atoms with Crippen molar-refractivity contribution in [2.75, 3.05) is 0 Å². The van der Waals surface area contributed by atoms with Crippen molar-refractivity contribution in [1.29, 1.82) is 0 Å². The summed E-state index contributed by atoms with van der Waals surface area (Å²) in [5.74, 6) is 0. The van der Waals surface area contributed by atoms with Crippen LogP contribution >= 0.6 is 0 Å². The van der Waals surface area contributed by atoms with Gasteiger partial charge in [-0.25, -0.2) is 0 Å². The SMILES string of the molecule is CC(C)(C)C1(C(C)(C)C)C=CC(c2ccccc2)=C(N)C1. The molecule has 1 aliphatic rings. The molecule has 1 nitrogen and oxygen atoms in total. The Balaban J connectivity index is 2.49. The van der Waals surface area contributed by atoms with Crippen molar-refractivity contribution in [1.82, 2.24) is 0 Å². The van der Waals surface area contributed by atoms with E-state index >= 15 is 0 Å². The normalized spacial score (nSPS) is 19.0. The molecule has 0 atom stereocenters. The fraction of sp³-hybridized carbons (Fsp3) is 0.500. The van der Waals surface area contributed by atoms with Crippen LogP contribution in [0.4, 0.5) is 0 Å². The van der Waals surface area contributed by atoms with Crippen molar-refractivity contribution in [3.8, 4) is 0 Å². The Hall–Kier alpha value is -1.50. The molecule has 0 spiro atoms. The second-order valence-corrected chi connectivity index (χ2v) is 8.29. The van der Waals surface area contributed by atoms with Gasteiger partial charge in [0.1, 0.15) is 0 Å². The van der Waals surface area contributed by atoms with Crippen LogP contribution in [0.15, 0.2) is 48.2 Å². The van der Waals surface area contributed by atoms with E-state index in [9.17, 15) is 0 Å². The van der Waals surface area contributed by atoms with Gasteiger partial charge >= 0.3 is 0 Å². The van der Waals surface area contributed by atoms with Crippen molar-refractivity contribution in [3.05, 3.63) is 53.7 Å². The molecule has 0 aliphatic heterocycles. The number of benzene rings is 1. The second-order valence-electron chi connectivity index (χ2n) is 8.29. The monoisotopic (exact) mass is 283 g/mol. The van der Waals surface area contributed by atoms with Crippen LogP contribution < -0.4 is 5.73 Å². The van der Waals surface area contributed by atoms with Gasteiger partial charge in [-0.05, 0) is 22.8 Å². The molecule has 0 saturated carbocycles. The van der Waals surface area contributed by atoms with Gasteiger partial charge in [0.05, 0.1) is 0 Å². The summed E-state index contributed by atoms with van der Waals surface area (Å²) in [5.41, 5.74) is 10.3. The first-order chi connectivity index (χ1) is 9.58. The predicted octanol–water partition coefficient (Wildman–Crippen LogP) is 5.39. The van der Waals surface area contributed by atoms with Gasteiger partial charge in [-0.3, -0.25) is 0 Å². The lowest BCUT2D eigenvalue weighted by molar-refractivity contribution is 0.0164. The minimum absolute atomic E-state index is 0.0718. The number of rotatable bonds is 1. The van der Waals surface area contributed by atoms with E-state index in [0.717, 1.165) is 12.1 Å². The van der Waals surface area contributed by atoms with Crippen molar-refractivity contribution in [2.24, 2.45) is 22.0 Å². The topological polar surface area (TPSA) is 26.0 Å². The van der Waals surface area contributed by atoms with Crippen LogP contribution in [0, 0.1) is 16.2 Å². The summed E-state index contributed by atoms with van der Waals surface area (Å²) in [6, 6.07) is 10.4. The molecule has 0 radical (unpaired) electrons. The van der Waals surface area contributed by atoms with Crippen LogP contribution in [0.1, 0.15) is 53.5 Å². The third-order valence-electron chi connectivity index (χ3n) is 5.11. The average Bonchev–Trinajstić information content (AvgIpc) is 2.37. The maximum Gasteiger partial charge on any atom is 0.0169 e. The molecule has 0 fully saturated rings. The molecule has 1 aliphatic carbocycles. The summed E-state index contributed by atoms with van der Waals surface area (Å²) in [6.45, 7) is 13.9. The van der Waals surface area contributed by atoms with Crippen LogP contribution in [0.3, 0.4) is 0 Å². The van der Waals surface area contributed by atoms with E-state index in [1.165, 1.54) is 11.1 Å². The number of hydrogen-bond donors (Lipinski definition) is 1. The second kappa shape index (κ2) is 5.05. The molecule has 0 heterocycles. The molecule has 1 aromatic rings. The molecule has 1 heteroatoms. The Morgan fingerprint density at radius 1 is 0.905 bits per heavy atom. The lowest BCUT2D eigenvalue weighted by Crippen LogP contribution is -2.46. The lowest BCUT2D eigenvalue weighted by atomic mass is 9.51. The van der Waals surface area contributed by atoms with Gasteiger partial charge < -0.3 is 5.73 Å². The molecule has 2 N–H and O–H groups in total. The summed E-state index contributed by atoms with van der Waals surface area (Å²) in [4.78, 5) is 0. The molecule has 2 rings (SSSR count). The Bertz CT molecular complexity index is 548. The van der Waals surface area contributed by atoms with E-state index in [0.29, 0.717) is 0 Å². The van der Waals surface area contributed by atoms with Crippen LogP contribution in [-0.2, 0) is 0 Å². The van der Waals surface area contributed by atoms with Gasteiger partial charge in [-0.2, -0.15) is 0 Å². The lowest BCUT2D eigenvalue weighted by Gasteiger charge is -2.53. The zero-order valence-electron chi connectivity index (χ0n) is 14.3. The van der Waals surface area contributed by atoms with Crippen LogP contribution in [-0.4, -0.2) is 0 Å². The number of nitrogens with two attached hydrogens (primary N) is 1. The number of allylic oxidation sites excluding steroid dienone is 4. The van der Waals surface area contributed by atoms with Gasteiger partial charge in [-0.15, -0.1) is 0 Å². The van der Waals surface area contributed by atoms with Crippen LogP contribution in [0.5, 0.6) is 0 Å². The number of hydrogen-bond acceptors (Lipinski definition) is 1. The Labute approximate surface area is 129 Å². The largest absolute Gasteiger partial charge is 0.402 e. The smallest absolute Gasteiger partial charge is 0.0169 e. The Morgan fingerprint density at radius 3 is 1.86 bits per heavy atom. The molecule has 0 aromatic heterocycles. The third kappa shape index (κ3) is 2.66. The van der Waals surface area contributed by atoms with Crippen molar-refractivity contribution >= 4 is 5.57 Å². The summed E-state index contributed by atoms with van der Waals surface area (Å²) in [7, 11) is 0. The van der Waals surface area contributed by atoms with E-state index < -0.39 is 0 Å². The van der Waals surface area contributed by atoms with Crippen molar-refractivity contribution < 1.29 is 0 Å². The van der Waals surface area contributed by atoms with E-state index in [1.807, 2.05) is 6.07 Å². The van der Waals surface area contributed by atoms with E-state index in [-0.39, 0.29) is 16.2 Å². The maximum absolute atomic E-state index is 6.51. The highest BCUT2D eigenvalue weighted by Crippen LogP contribution is 2.58. The predicted molar refractivity (Wildman–Crippen MR) is 92.6 cm³/mol. The fourth-order valence-electron chi connectivity index (χ4n) is 3.84. The highest BCUT2D eigenvalue weighted by Gasteiger charge is 2.49. The summed E-state index contributed by atoms with van der Waals surface area (Å²) in [5, 5.41) is 0. The zero-order chi connectivity index (χ0) is 15.9. The van der Waals surface area contributed by atoms with Gasteiger partial charge in [0.15, 0.2) is 0 Å². The zero-order valence-corrected chi connectivity index (χ0v) is 14.3.